The van der Waals surface area contributed by atoms with Gasteiger partial charge in [-0.05, 0) is 43.4 Å². The first-order valence-electron chi connectivity index (χ1n) is 7.94. The molecular weight excluding hydrogens is 336 g/mol. The van der Waals surface area contributed by atoms with E-state index in [2.05, 4.69) is 4.72 Å². The van der Waals surface area contributed by atoms with Gasteiger partial charge in [-0.25, -0.2) is 13.1 Å². The predicted octanol–water partition coefficient (Wildman–Crippen LogP) is 2.89. The lowest BCUT2D eigenvalue weighted by Crippen LogP contribution is -2.33. The van der Waals surface area contributed by atoms with Gasteiger partial charge in [-0.15, -0.1) is 0 Å². The summed E-state index contributed by atoms with van der Waals surface area (Å²) in [5.74, 6) is 0.771. The fourth-order valence-electron chi connectivity index (χ4n) is 2.40. The van der Waals surface area contributed by atoms with Crippen LogP contribution in [-0.2, 0) is 10.0 Å². The first kappa shape index (κ1) is 19.2. The average Bonchev–Trinajstić information content (AvgIpc) is 2.61. The van der Waals surface area contributed by atoms with E-state index in [9.17, 15) is 8.42 Å². The van der Waals surface area contributed by atoms with E-state index in [1.54, 1.807) is 13.2 Å². The Morgan fingerprint density at radius 3 is 2.28 bits per heavy atom. The molecule has 0 saturated carbocycles. The van der Waals surface area contributed by atoms with E-state index in [-0.39, 0.29) is 12.6 Å². The third-order valence-corrected chi connectivity index (χ3v) is 4.90. The molecule has 0 aliphatic heterocycles. The predicted molar refractivity (Wildman–Crippen MR) is 102 cm³/mol. The van der Waals surface area contributed by atoms with Crippen molar-refractivity contribution in [1.29, 1.82) is 0 Å². The number of benzene rings is 2. The molecule has 0 heterocycles. The second-order valence-corrected chi connectivity index (χ2v) is 7.51. The van der Waals surface area contributed by atoms with Gasteiger partial charge in [0.15, 0.2) is 0 Å². The van der Waals surface area contributed by atoms with Crippen molar-refractivity contribution in [3.63, 3.8) is 0 Å². The molecule has 0 spiro atoms. The molecule has 5 nitrogen and oxygen atoms in total. The van der Waals surface area contributed by atoms with Gasteiger partial charge < -0.3 is 9.64 Å². The molecule has 2 aromatic carbocycles. The molecule has 2 rings (SSSR count). The topological polar surface area (TPSA) is 58.6 Å². The quantitative estimate of drug-likeness (QED) is 0.786. The van der Waals surface area contributed by atoms with Gasteiger partial charge in [0, 0.05) is 18.0 Å². The van der Waals surface area contributed by atoms with Crippen molar-refractivity contribution < 1.29 is 13.2 Å². The molecule has 6 heteroatoms. The van der Waals surface area contributed by atoms with Gasteiger partial charge in [0.2, 0.25) is 10.0 Å². The lowest BCUT2D eigenvalue weighted by atomic mass is 10.1. The Morgan fingerprint density at radius 1 is 1.08 bits per heavy atom. The largest absolute Gasteiger partial charge is 0.497 e. The van der Waals surface area contributed by atoms with Gasteiger partial charge in [-0.2, -0.15) is 0 Å². The molecule has 134 valence electrons. The van der Waals surface area contributed by atoms with Crippen LogP contribution in [0.2, 0.25) is 0 Å². The Labute approximate surface area is 150 Å². The summed E-state index contributed by atoms with van der Waals surface area (Å²) >= 11 is 0. The Bertz CT molecular complexity index is 785. The molecule has 0 saturated heterocycles. The van der Waals surface area contributed by atoms with Crippen LogP contribution in [0.5, 0.6) is 5.75 Å². The molecule has 25 heavy (non-hydrogen) atoms. The fraction of sp³-hybridized carbons (Fsp3) is 0.263. The summed E-state index contributed by atoms with van der Waals surface area (Å²) in [5.41, 5.74) is 1.85. The Kier molecular flexibility index (Phi) is 6.75. The number of nitrogens with zero attached hydrogens (tertiary/aromatic N) is 1. The van der Waals surface area contributed by atoms with Gasteiger partial charge in [-0.3, -0.25) is 0 Å². The first-order chi connectivity index (χ1) is 11.9. The molecule has 0 amide bonds. The first-order valence-corrected chi connectivity index (χ1v) is 9.49. The lowest BCUT2D eigenvalue weighted by molar-refractivity contribution is 0.299. The number of sulfonamides is 1. The molecule has 2 aromatic rings. The van der Waals surface area contributed by atoms with Gasteiger partial charge in [0.05, 0.1) is 7.11 Å². The summed E-state index contributed by atoms with van der Waals surface area (Å²) < 4.78 is 32.3. The van der Waals surface area contributed by atoms with E-state index in [1.165, 1.54) is 5.41 Å². The number of nitrogens with one attached hydrogen (secondary N) is 1. The normalized spacial score (nSPS) is 13.3. The highest BCUT2D eigenvalue weighted by Crippen LogP contribution is 2.21. The number of methoxy groups -OCH3 is 1. The van der Waals surface area contributed by atoms with Crippen molar-refractivity contribution in [3.8, 4) is 5.75 Å². The van der Waals surface area contributed by atoms with Crippen molar-refractivity contribution in [2.24, 2.45) is 0 Å². The Hall–Kier alpha value is -2.15. The highest BCUT2D eigenvalue weighted by atomic mass is 32.2. The molecule has 1 atom stereocenters. The Morgan fingerprint density at radius 2 is 1.72 bits per heavy atom. The molecule has 1 N–H and O–H groups in total. The standard InChI is InChI=1S/C19H24N2O3S/c1-21(2)19(17-9-11-18(24-3)12-10-17)15-20-25(22,23)14-13-16-7-5-4-6-8-16/h4-14,19-20H,15H2,1-3H3/b14-13+. The van der Waals surface area contributed by atoms with E-state index in [4.69, 9.17) is 4.74 Å². The van der Waals surface area contributed by atoms with Gasteiger partial charge >= 0.3 is 0 Å². The minimum absolute atomic E-state index is 0.0780. The smallest absolute Gasteiger partial charge is 0.233 e. The minimum Gasteiger partial charge on any atom is -0.497 e. The number of hydrogen-bond donors (Lipinski definition) is 1. The molecule has 0 bridgehead atoms. The zero-order valence-corrected chi connectivity index (χ0v) is 15.5. The van der Waals surface area contributed by atoms with E-state index >= 15 is 0 Å². The van der Waals surface area contributed by atoms with Gasteiger partial charge in [0.1, 0.15) is 5.75 Å². The molecule has 0 radical (unpaired) electrons. The molecular formula is C19H24N2O3S. The van der Waals surface area contributed by atoms with E-state index in [1.807, 2.05) is 73.6 Å². The van der Waals surface area contributed by atoms with Crippen molar-refractivity contribution in [2.75, 3.05) is 27.7 Å². The molecule has 0 aliphatic carbocycles. The summed E-state index contributed by atoms with van der Waals surface area (Å²) in [6, 6.07) is 16.9. The molecule has 0 aromatic heterocycles. The van der Waals surface area contributed by atoms with Crippen LogP contribution in [0.25, 0.3) is 6.08 Å². The lowest BCUT2D eigenvalue weighted by Gasteiger charge is -2.25. The summed E-state index contributed by atoms with van der Waals surface area (Å²) in [6.45, 7) is 0.279. The SMILES string of the molecule is COc1ccc(C(CNS(=O)(=O)/C=C/c2ccccc2)N(C)C)cc1. The van der Waals surface area contributed by atoms with Crippen molar-refractivity contribution >= 4 is 16.1 Å². The maximum absolute atomic E-state index is 12.2. The molecule has 0 aliphatic rings. The van der Waals surface area contributed by atoms with Gasteiger partial charge in [0.25, 0.3) is 0 Å². The van der Waals surface area contributed by atoms with Crippen LogP contribution in [0.3, 0.4) is 0 Å². The number of ether oxygens (including phenoxy) is 1. The summed E-state index contributed by atoms with van der Waals surface area (Å²) in [6.07, 6.45) is 1.58. The highest BCUT2D eigenvalue weighted by molar-refractivity contribution is 7.92. The van der Waals surface area contributed by atoms with Crippen molar-refractivity contribution in [1.82, 2.24) is 9.62 Å². The van der Waals surface area contributed by atoms with Crippen LogP contribution in [-0.4, -0.2) is 41.1 Å². The van der Waals surface area contributed by atoms with E-state index in [0.29, 0.717) is 0 Å². The van der Waals surface area contributed by atoms with Crippen molar-refractivity contribution in [2.45, 2.75) is 6.04 Å². The average molecular weight is 360 g/mol. The third kappa shape index (κ3) is 6.01. The molecule has 1 unspecified atom stereocenters. The number of hydrogen-bond acceptors (Lipinski definition) is 4. The zero-order chi connectivity index (χ0) is 18.3. The third-order valence-electron chi connectivity index (χ3n) is 3.84. The van der Waals surface area contributed by atoms with E-state index < -0.39 is 10.0 Å². The van der Waals surface area contributed by atoms with Gasteiger partial charge in [-0.1, -0.05) is 42.5 Å². The van der Waals surface area contributed by atoms with Crippen LogP contribution in [0.15, 0.2) is 60.0 Å². The summed E-state index contributed by atoms with van der Waals surface area (Å²) in [7, 11) is 1.94. The van der Waals surface area contributed by atoms with Crippen LogP contribution >= 0.6 is 0 Å². The second kappa shape index (κ2) is 8.80. The summed E-state index contributed by atoms with van der Waals surface area (Å²) in [4.78, 5) is 1.98. The highest BCUT2D eigenvalue weighted by Gasteiger charge is 2.17. The fourth-order valence-corrected chi connectivity index (χ4v) is 3.22. The van der Waals surface area contributed by atoms with E-state index in [0.717, 1.165) is 16.9 Å². The minimum atomic E-state index is -3.51. The maximum Gasteiger partial charge on any atom is 0.233 e. The van der Waals surface area contributed by atoms with Crippen molar-refractivity contribution in [3.05, 3.63) is 71.1 Å². The molecule has 0 fully saturated rings. The zero-order valence-electron chi connectivity index (χ0n) is 14.7. The van der Waals surface area contributed by atoms with Crippen LogP contribution in [0, 0.1) is 0 Å². The Balaban J connectivity index is 2.05. The second-order valence-electron chi connectivity index (χ2n) is 5.86. The monoisotopic (exact) mass is 360 g/mol. The van der Waals surface area contributed by atoms with Crippen LogP contribution in [0.4, 0.5) is 0 Å². The maximum atomic E-state index is 12.2. The number of rotatable bonds is 8. The van der Waals surface area contributed by atoms with Crippen LogP contribution < -0.4 is 9.46 Å². The summed E-state index contributed by atoms with van der Waals surface area (Å²) in [5, 5.41) is 1.20. The van der Waals surface area contributed by atoms with Crippen LogP contribution in [0.1, 0.15) is 17.2 Å². The number of likely N-dealkylation sites (N-methyl/N-ethyl adjacent to an activating group) is 1.